The van der Waals surface area contributed by atoms with Gasteiger partial charge >= 0.3 is 7.12 Å². The zero-order valence-corrected chi connectivity index (χ0v) is 12.8. The van der Waals surface area contributed by atoms with Crippen LogP contribution in [0, 0.1) is 0 Å². The van der Waals surface area contributed by atoms with Crippen LogP contribution in [0.25, 0.3) is 0 Å². The Kier molecular flexibility index (Phi) is 3.32. The Bertz CT molecular complexity index is 461. The standard InChI is InChI=1S/C15H24BNO2/c1-13(2,17)11-8-7-9-12(10-11)16-18-14(3,4)15(5,6)19-16/h7-10H,17H2,1-6H3. The van der Waals surface area contributed by atoms with Crippen LogP contribution < -0.4 is 11.2 Å². The lowest BCUT2D eigenvalue weighted by molar-refractivity contribution is 0.00578. The van der Waals surface area contributed by atoms with Crippen LogP contribution in [0.2, 0.25) is 0 Å². The molecule has 0 unspecified atom stereocenters. The van der Waals surface area contributed by atoms with Gasteiger partial charge in [-0.05, 0) is 52.6 Å². The van der Waals surface area contributed by atoms with E-state index in [1.807, 2.05) is 32.0 Å². The minimum atomic E-state index is -0.361. The quantitative estimate of drug-likeness (QED) is 0.830. The van der Waals surface area contributed by atoms with Crippen molar-refractivity contribution in [3.63, 3.8) is 0 Å². The second kappa shape index (κ2) is 4.34. The fourth-order valence-corrected chi connectivity index (χ4v) is 2.07. The summed E-state index contributed by atoms with van der Waals surface area (Å²) in [7, 11) is -0.327. The highest BCUT2D eigenvalue weighted by Crippen LogP contribution is 2.36. The lowest BCUT2D eigenvalue weighted by atomic mass is 9.77. The Morgan fingerprint density at radius 3 is 2.05 bits per heavy atom. The van der Waals surface area contributed by atoms with E-state index in [0.717, 1.165) is 11.0 Å². The Morgan fingerprint density at radius 2 is 1.58 bits per heavy atom. The molecule has 0 atom stereocenters. The Balaban J connectivity index is 2.30. The number of hydrogen-bond acceptors (Lipinski definition) is 3. The zero-order chi connectivity index (χ0) is 14.5. The summed E-state index contributed by atoms with van der Waals surface area (Å²) in [5, 5.41) is 0. The third kappa shape index (κ3) is 2.71. The second-order valence-electron chi connectivity index (χ2n) is 6.94. The summed E-state index contributed by atoms with van der Waals surface area (Å²) >= 11 is 0. The minimum absolute atomic E-state index is 0.314. The molecule has 0 aromatic heterocycles. The SMILES string of the molecule is CC(C)(N)c1cccc(B2OC(C)(C)C(C)(C)O2)c1. The maximum atomic E-state index is 6.15. The summed E-state index contributed by atoms with van der Waals surface area (Å²) in [6, 6.07) is 8.14. The van der Waals surface area contributed by atoms with E-state index in [9.17, 15) is 0 Å². The van der Waals surface area contributed by atoms with E-state index >= 15 is 0 Å². The first-order chi connectivity index (χ1) is 8.53. The molecule has 0 radical (unpaired) electrons. The van der Waals surface area contributed by atoms with Crippen LogP contribution in [0.4, 0.5) is 0 Å². The van der Waals surface area contributed by atoms with Gasteiger partial charge in [-0.15, -0.1) is 0 Å². The van der Waals surface area contributed by atoms with Crippen molar-refractivity contribution in [3.8, 4) is 0 Å². The number of hydrogen-bond donors (Lipinski definition) is 1. The van der Waals surface area contributed by atoms with Crippen LogP contribution in [0.3, 0.4) is 0 Å². The molecule has 3 nitrogen and oxygen atoms in total. The van der Waals surface area contributed by atoms with E-state index < -0.39 is 0 Å². The lowest BCUT2D eigenvalue weighted by Crippen LogP contribution is -2.41. The summed E-state index contributed by atoms with van der Waals surface area (Å²) < 4.78 is 12.1. The Morgan fingerprint density at radius 1 is 1.05 bits per heavy atom. The summed E-state index contributed by atoms with van der Waals surface area (Å²) in [5.74, 6) is 0. The fraction of sp³-hybridized carbons (Fsp3) is 0.600. The molecule has 2 rings (SSSR count). The molecule has 1 fully saturated rings. The summed E-state index contributed by atoms with van der Waals surface area (Å²) in [4.78, 5) is 0. The molecule has 0 amide bonds. The predicted molar refractivity (Wildman–Crippen MR) is 79.4 cm³/mol. The monoisotopic (exact) mass is 261 g/mol. The van der Waals surface area contributed by atoms with Gasteiger partial charge in [-0.1, -0.05) is 24.3 Å². The summed E-state index contributed by atoms with van der Waals surface area (Å²) in [6.45, 7) is 12.2. The van der Waals surface area contributed by atoms with Crippen molar-refractivity contribution in [2.75, 3.05) is 0 Å². The van der Waals surface area contributed by atoms with Gasteiger partial charge in [0.1, 0.15) is 0 Å². The normalized spacial score (nSPS) is 21.7. The summed E-state index contributed by atoms with van der Waals surface area (Å²) in [5.41, 5.74) is 7.27. The maximum absolute atomic E-state index is 6.15. The third-order valence-electron chi connectivity index (χ3n) is 4.16. The highest BCUT2D eigenvalue weighted by Gasteiger charge is 2.51. The molecule has 0 saturated carbocycles. The van der Waals surface area contributed by atoms with Crippen molar-refractivity contribution in [1.82, 2.24) is 0 Å². The average Bonchev–Trinajstić information content (AvgIpc) is 2.47. The lowest BCUT2D eigenvalue weighted by Gasteiger charge is -2.32. The number of benzene rings is 1. The molecule has 0 aliphatic carbocycles. The van der Waals surface area contributed by atoms with E-state index in [0.29, 0.717) is 0 Å². The van der Waals surface area contributed by atoms with Crippen LogP contribution in [0.1, 0.15) is 47.1 Å². The first kappa shape index (κ1) is 14.6. The first-order valence-corrected chi connectivity index (χ1v) is 6.78. The molecule has 1 aromatic rings. The fourth-order valence-electron chi connectivity index (χ4n) is 2.07. The molecular formula is C15H24BNO2. The van der Waals surface area contributed by atoms with Gasteiger partial charge in [0.25, 0.3) is 0 Å². The first-order valence-electron chi connectivity index (χ1n) is 6.78. The van der Waals surface area contributed by atoms with E-state index in [1.54, 1.807) is 0 Å². The molecule has 1 aliphatic heterocycles. The third-order valence-corrected chi connectivity index (χ3v) is 4.16. The number of rotatable bonds is 2. The summed E-state index contributed by atoms with van der Waals surface area (Å²) in [6.07, 6.45) is 0. The van der Waals surface area contributed by atoms with Gasteiger partial charge in [-0.2, -0.15) is 0 Å². The van der Waals surface area contributed by atoms with Crippen molar-refractivity contribution in [2.45, 2.75) is 58.3 Å². The molecule has 4 heteroatoms. The Labute approximate surface area is 116 Å². The molecule has 2 N–H and O–H groups in total. The van der Waals surface area contributed by atoms with Crippen LogP contribution in [0.5, 0.6) is 0 Å². The van der Waals surface area contributed by atoms with Crippen molar-refractivity contribution < 1.29 is 9.31 Å². The molecule has 0 bridgehead atoms. The molecule has 1 saturated heterocycles. The van der Waals surface area contributed by atoms with Gasteiger partial charge in [-0.25, -0.2) is 0 Å². The van der Waals surface area contributed by atoms with Crippen LogP contribution >= 0.6 is 0 Å². The second-order valence-corrected chi connectivity index (χ2v) is 6.94. The zero-order valence-electron chi connectivity index (χ0n) is 12.8. The molecule has 104 valence electrons. The van der Waals surface area contributed by atoms with Crippen molar-refractivity contribution >= 4 is 12.6 Å². The smallest absolute Gasteiger partial charge is 0.399 e. The molecule has 19 heavy (non-hydrogen) atoms. The number of nitrogens with two attached hydrogens (primary N) is 1. The van der Waals surface area contributed by atoms with Crippen molar-refractivity contribution in [3.05, 3.63) is 29.8 Å². The van der Waals surface area contributed by atoms with Gasteiger partial charge in [-0.3, -0.25) is 0 Å². The van der Waals surface area contributed by atoms with Gasteiger partial charge in [0.15, 0.2) is 0 Å². The molecular weight excluding hydrogens is 237 g/mol. The maximum Gasteiger partial charge on any atom is 0.494 e. The van der Waals surface area contributed by atoms with E-state index in [1.165, 1.54) is 0 Å². The predicted octanol–water partition coefficient (Wildman–Crippen LogP) is 2.18. The highest BCUT2D eigenvalue weighted by molar-refractivity contribution is 6.62. The van der Waals surface area contributed by atoms with Gasteiger partial charge < -0.3 is 15.0 Å². The topological polar surface area (TPSA) is 44.5 Å². The molecule has 1 aromatic carbocycles. The van der Waals surface area contributed by atoms with Crippen LogP contribution in [-0.2, 0) is 14.8 Å². The van der Waals surface area contributed by atoms with E-state index in [4.69, 9.17) is 15.0 Å². The molecule has 1 aliphatic rings. The van der Waals surface area contributed by atoms with Crippen LogP contribution in [-0.4, -0.2) is 18.3 Å². The largest absolute Gasteiger partial charge is 0.494 e. The van der Waals surface area contributed by atoms with Crippen molar-refractivity contribution in [2.24, 2.45) is 5.73 Å². The van der Waals surface area contributed by atoms with E-state index in [2.05, 4.69) is 33.8 Å². The van der Waals surface area contributed by atoms with Crippen molar-refractivity contribution in [1.29, 1.82) is 0 Å². The highest BCUT2D eigenvalue weighted by atomic mass is 16.7. The van der Waals surface area contributed by atoms with Gasteiger partial charge in [0.2, 0.25) is 0 Å². The van der Waals surface area contributed by atoms with E-state index in [-0.39, 0.29) is 23.9 Å². The van der Waals surface area contributed by atoms with Crippen LogP contribution in [0.15, 0.2) is 24.3 Å². The molecule has 1 heterocycles. The van der Waals surface area contributed by atoms with Gasteiger partial charge in [0, 0.05) is 5.54 Å². The molecule has 0 spiro atoms. The van der Waals surface area contributed by atoms with Gasteiger partial charge in [0.05, 0.1) is 11.2 Å². The Hall–Kier alpha value is -0.835. The minimum Gasteiger partial charge on any atom is -0.399 e. The average molecular weight is 261 g/mol.